The largest absolute Gasteiger partial charge is 0.480 e. The Hall–Kier alpha value is -2.24. The van der Waals surface area contributed by atoms with Gasteiger partial charge in [-0.3, -0.25) is 14.4 Å². The summed E-state index contributed by atoms with van der Waals surface area (Å²) in [5.74, 6) is -1.73. The lowest BCUT2D eigenvalue weighted by Gasteiger charge is -2.27. The molecule has 0 bridgehead atoms. The molecule has 196 valence electrons. The zero-order chi connectivity index (χ0) is 26.4. The van der Waals surface area contributed by atoms with Crippen molar-refractivity contribution in [3.05, 3.63) is 35.9 Å². The summed E-state index contributed by atoms with van der Waals surface area (Å²) in [6.45, 7) is 3.51. The van der Waals surface area contributed by atoms with E-state index in [1.807, 2.05) is 42.8 Å². The molecule has 4 atom stereocenters. The van der Waals surface area contributed by atoms with Gasteiger partial charge in [-0.2, -0.15) is 23.5 Å². The molecule has 0 saturated heterocycles. The van der Waals surface area contributed by atoms with Crippen molar-refractivity contribution in [1.82, 2.24) is 16.0 Å². The van der Waals surface area contributed by atoms with Crippen LogP contribution < -0.4 is 21.7 Å². The first-order valence-corrected chi connectivity index (χ1v) is 14.3. The number of hydrogen-bond donors (Lipinski definition) is 5. The second kappa shape index (κ2) is 16.4. The summed E-state index contributed by atoms with van der Waals surface area (Å²) >= 11 is 3.06. The minimum absolute atomic E-state index is 0.214. The SMILES string of the molecule is CSCCC(N)C(=O)NC(Cc1ccccc1)C(=O)NC(C(=O)NC(CCSC)C(=O)O)C(C)C. The normalized spacial score (nSPS) is 14.5. The first-order chi connectivity index (χ1) is 16.6. The maximum Gasteiger partial charge on any atom is 0.326 e. The summed E-state index contributed by atoms with van der Waals surface area (Å²) in [4.78, 5) is 50.4. The van der Waals surface area contributed by atoms with Gasteiger partial charge < -0.3 is 26.8 Å². The van der Waals surface area contributed by atoms with Crippen molar-refractivity contribution in [2.75, 3.05) is 24.0 Å². The van der Waals surface area contributed by atoms with Gasteiger partial charge in [-0.15, -0.1) is 0 Å². The maximum absolute atomic E-state index is 13.3. The Bertz CT molecular complexity index is 825. The molecular weight excluding hydrogens is 488 g/mol. The Morgan fingerprint density at radius 1 is 0.857 bits per heavy atom. The Morgan fingerprint density at radius 3 is 1.97 bits per heavy atom. The molecule has 1 rings (SSSR count). The van der Waals surface area contributed by atoms with Gasteiger partial charge in [-0.1, -0.05) is 44.2 Å². The van der Waals surface area contributed by atoms with Crippen LogP contribution in [0.2, 0.25) is 0 Å². The fraction of sp³-hybridized carbons (Fsp3) is 0.583. The molecule has 0 aromatic heterocycles. The summed E-state index contributed by atoms with van der Waals surface area (Å²) in [5, 5.41) is 17.4. The van der Waals surface area contributed by atoms with Crippen LogP contribution in [0.1, 0.15) is 32.3 Å². The van der Waals surface area contributed by atoms with Crippen molar-refractivity contribution in [2.24, 2.45) is 11.7 Å². The second-order valence-corrected chi connectivity index (χ2v) is 10.5. The smallest absolute Gasteiger partial charge is 0.326 e. The van der Waals surface area contributed by atoms with E-state index in [1.165, 1.54) is 11.8 Å². The Labute approximate surface area is 216 Å². The summed E-state index contributed by atoms with van der Waals surface area (Å²) in [5.41, 5.74) is 6.82. The number of carboxylic acids is 1. The van der Waals surface area contributed by atoms with Crippen LogP contribution in [0.5, 0.6) is 0 Å². The van der Waals surface area contributed by atoms with Gasteiger partial charge in [0.1, 0.15) is 18.1 Å². The van der Waals surface area contributed by atoms with Gasteiger partial charge in [0.25, 0.3) is 0 Å². The van der Waals surface area contributed by atoms with Crippen LogP contribution in [0, 0.1) is 5.92 Å². The summed E-state index contributed by atoms with van der Waals surface area (Å²) in [6, 6.07) is 5.47. The number of aliphatic carboxylic acids is 1. The van der Waals surface area contributed by atoms with E-state index in [0.717, 1.165) is 5.56 Å². The molecule has 9 nitrogen and oxygen atoms in total. The molecule has 0 spiro atoms. The number of nitrogens with two attached hydrogens (primary N) is 1. The van der Waals surface area contributed by atoms with E-state index in [9.17, 15) is 24.3 Å². The van der Waals surface area contributed by atoms with Gasteiger partial charge in [-0.05, 0) is 48.3 Å². The standard InChI is InChI=1S/C24H38N4O5S2/c1-15(2)20(23(31)26-18(24(32)33)11-13-35-4)28-22(30)19(14-16-8-6-5-7-9-16)27-21(29)17(25)10-12-34-3/h5-9,15,17-20H,10-14,25H2,1-4H3,(H,26,31)(H,27,29)(H,28,30)(H,32,33). The van der Waals surface area contributed by atoms with Gasteiger partial charge in [0.05, 0.1) is 6.04 Å². The third kappa shape index (κ3) is 11.4. The first kappa shape index (κ1) is 30.8. The summed E-state index contributed by atoms with van der Waals surface area (Å²) in [7, 11) is 0. The Kier molecular flexibility index (Phi) is 14.5. The van der Waals surface area contributed by atoms with E-state index in [1.54, 1.807) is 25.6 Å². The molecule has 3 amide bonds. The highest BCUT2D eigenvalue weighted by Crippen LogP contribution is 2.09. The minimum atomic E-state index is -1.13. The van der Waals surface area contributed by atoms with Crippen LogP contribution in [0.25, 0.3) is 0 Å². The van der Waals surface area contributed by atoms with Crippen LogP contribution in [-0.2, 0) is 25.6 Å². The number of carbonyl (C=O) groups is 4. The zero-order valence-electron chi connectivity index (χ0n) is 20.8. The zero-order valence-corrected chi connectivity index (χ0v) is 22.4. The van der Waals surface area contributed by atoms with Crippen LogP contribution in [0.15, 0.2) is 30.3 Å². The number of nitrogens with one attached hydrogen (secondary N) is 3. The van der Waals surface area contributed by atoms with Gasteiger partial charge in [0, 0.05) is 6.42 Å². The number of rotatable bonds is 16. The molecule has 0 aliphatic heterocycles. The van der Waals surface area contributed by atoms with E-state index in [2.05, 4.69) is 16.0 Å². The molecule has 11 heteroatoms. The highest BCUT2D eigenvalue weighted by molar-refractivity contribution is 7.98. The van der Waals surface area contributed by atoms with Crippen LogP contribution in [0.4, 0.5) is 0 Å². The van der Waals surface area contributed by atoms with Gasteiger partial charge in [-0.25, -0.2) is 4.79 Å². The van der Waals surface area contributed by atoms with Gasteiger partial charge >= 0.3 is 5.97 Å². The molecule has 0 saturated carbocycles. The number of carboxylic acid groups (broad SMARTS) is 1. The molecule has 0 fully saturated rings. The van der Waals surface area contributed by atoms with E-state index < -0.39 is 47.9 Å². The van der Waals surface area contributed by atoms with Crippen LogP contribution in [-0.4, -0.2) is 77.0 Å². The molecule has 0 heterocycles. The molecule has 35 heavy (non-hydrogen) atoms. The number of carbonyl (C=O) groups excluding carboxylic acids is 3. The number of amides is 3. The number of benzene rings is 1. The molecule has 1 aromatic rings. The highest BCUT2D eigenvalue weighted by Gasteiger charge is 2.31. The van der Waals surface area contributed by atoms with Gasteiger partial charge in [0.15, 0.2) is 0 Å². The Morgan fingerprint density at radius 2 is 1.43 bits per heavy atom. The lowest BCUT2D eigenvalue weighted by Crippen LogP contribution is -2.59. The van der Waals surface area contributed by atoms with Crippen molar-refractivity contribution in [3.8, 4) is 0 Å². The third-order valence-corrected chi connectivity index (χ3v) is 6.65. The van der Waals surface area contributed by atoms with E-state index in [4.69, 9.17) is 5.73 Å². The van der Waals surface area contributed by atoms with Crippen molar-refractivity contribution < 1.29 is 24.3 Å². The lowest BCUT2D eigenvalue weighted by molar-refractivity contribution is -0.142. The number of thioether (sulfide) groups is 2. The number of hydrogen-bond acceptors (Lipinski definition) is 7. The van der Waals surface area contributed by atoms with Gasteiger partial charge in [0.2, 0.25) is 17.7 Å². The predicted octanol–water partition coefficient (Wildman–Crippen LogP) is 1.26. The average molecular weight is 527 g/mol. The molecule has 1 aromatic carbocycles. The highest BCUT2D eigenvalue weighted by atomic mass is 32.2. The van der Waals surface area contributed by atoms with Crippen LogP contribution in [0.3, 0.4) is 0 Å². The van der Waals surface area contributed by atoms with Crippen LogP contribution >= 0.6 is 23.5 Å². The molecule has 0 aliphatic rings. The molecular formula is C24H38N4O5S2. The lowest BCUT2D eigenvalue weighted by atomic mass is 10.00. The Balaban J connectivity index is 3.02. The topological polar surface area (TPSA) is 151 Å². The van der Waals surface area contributed by atoms with Crippen molar-refractivity contribution >= 4 is 47.2 Å². The summed E-state index contributed by atoms with van der Waals surface area (Å²) in [6.07, 6.45) is 4.72. The molecule has 6 N–H and O–H groups in total. The van der Waals surface area contributed by atoms with E-state index in [-0.39, 0.29) is 18.8 Å². The molecule has 4 unspecified atom stereocenters. The fourth-order valence-electron chi connectivity index (χ4n) is 3.26. The minimum Gasteiger partial charge on any atom is -0.480 e. The monoisotopic (exact) mass is 526 g/mol. The third-order valence-electron chi connectivity index (χ3n) is 5.36. The average Bonchev–Trinajstić information content (AvgIpc) is 2.82. The fourth-order valence-corrected chi connectivity index (χ4v) is 4.22. The maximum atomic E-state index is 13.3. The first-order valence-electron chi connectivity index (χ1n) is 11.5. The van der Waals surface area contributed by atoms with Crippen molar-refractivity contribution in [2.45, 2.75) is 57.3 Å². The molecule has 0 aliphatic carbocycles. The van der Waals surface area contributed by atoms with Crippen molar-refractivity contribution in [1.29, 1.82) is 0 Å². The second-order valence-electron chi connectivity index (χ2n) is 8.55. The van der Waals surface area contributed by atoms with Crippen molar-refractivity contribution in [3.63, 3.8) is 0 Å². The van der Waals surface area contributed by atoms with E-state index >= 15 is 0 Å². The predicted molar refractivity (Wildman–Crippen MR) is 142 cm³/mol. The molecule has 0 radical (unpaired) electrons. The quantitative estimate of drug-likeness (QED) is 0.216. The van der Waals surface area contributed by atoms with E-state index in [0.29, 0.717) is 17.9 Å². The summed E-state index contributed by atoms with van der Waals surface area (Å²) < 4.78 is 0.